The van der Waals surface area contributed by atoms with Gasteiger partial charge in [0.2, 0.25) is 21.8 Å². The van der Waals surface area contributed by atoms with Crippen LogP contribution in [0.2, 0.25) is 0 Å². The maximum atomic E-state index is 12.9. The predicted octanol–water partition coefficient (Wildman–Crippen LogP) is 3.29. The van der Waals surface area contributed by atoms with Crippen LogP contribution < -0.4 is 14.8 Å². The lowest BCUT2D eigenvalue weighted by Crippen LogP contribution is -2.29. The number of unbranched alkanes of at least 4 members (excludes halogenated alkanes) is 1. The number of ether oxygens (including phenoxy) is 1. The first-order valence-electron chi connectivity index (χ1n) is 12.7. The van der Waals surface area contributed by atoms with Crippen LogP contribution in [0.15, 0.2) is 72.8 Å². The molecule has 11 heteroatoms. The minimum absolute atomic E-state index is 0.0625. The maximum Gasteiger partial charge on any atom is 0.261 e. The third-order valence-corrected chi connectivity index (χ3v) is 6.67. The standard InChI is InChI=1S/C29H29N3O7S/c1-40(37,38)31-26(33)12-5-6-15-39-23-11-7-10-21(16-23)17-27(34)30-22-13-14-24-25(18-22)29(36)32(28(24)35)19-20-8-3-2-4-9-20/h2-4,7-11,13-14,16,18H,5-6,12,15,17,19H2,1H3,(H,30,34)(H,31,33). The summed E-state index contributed by atoms with van der Waals surface area (Å²) in [5, 5.41) is 2.78. The van der Waals surface area contributed by atoms with Gasteiger partial charge in [0.15, 0.2) is 0 Å². The van der Waals surface area contributed by atoms with Gasteiger partial charge in [0.1, 0.15) is 5.75 Å². The molecule has 4 amide bonds. The van der Waals surface area contributed by atoms with Crippen LogP contribution in [0.4, 0.5) is 5.69 Å². The lowest BCUT2D eigenvalue weighted by Gasteiger charge is -2.13. The van der Waals surface area contributed by atoms with Crippen LogP contribution in [0.5, 0.6) is 5.75 Å². The molecule has 1 aliphatic heterocycles. The van der Waals surface area contributed by atoms with Crippen molar-refractivity contribution < 1.29 is 32.3 Å². The molecule has 208 valence electrons. The maximum absolute atomic E-state index is 12.9. The van der Waals surface area contributed by atoms with Crippen LogP contribution in [0.3, 0.4) is 0 Å². The lowest BCUT2D eigenvalue weighted by molar-refractivity contribution is -0.119. The van der Waals surface area contributed by atoms with Crippen molar-refractivity contribution >= 4 is 39.3 Å². The van der Waals surface area contributed by atoms with Crippen molar-refractivity contribution in [3.63, 3.8) is 0 Å². The van der Waals surface area contributed by atoms with Gasteiger partial charge in [0, 0.05) is 12.1 Å². The van der Waals surface area contributed by atoms with Gasteiger partial charge in [-0.15, -0.1) is 0 Å². The number of carbonyl (C=O) groups is 4. The zero-order chi connectivity index (χ0) is 28.7. The first-order chi connectivity index (χ1) is 19.1. The Balaban J connectivity index is 1.27. The number of benzene rings is 3. The molecule has 0 fully saturated rings. The third-order valence-electron chi connectivity index (χ3n) is 6.07. The molecule has 10 nitrogen and oxygen atoms in total. The summed E-state index contributed by atoms with van der Waals surface area (Å²) < 4.78 is 29.7. The van der Waals surface area contributed by atoms with Gasteiger partial charge in [0.25, 0.3) is 11.8 Å². The highest BCUT2D eigenvalue weighted by molar-refractivity contribution is 7.89. The van der Waals surface area contributed by atoms with E-state index in [-0.39, 0.29) is 36.8 Å². The number of fused-ring (bicyclic) bond motifs is 1. The molecule has 0 radical (unpaired) electrons. The normalized spacial score (nSPS) is 12.7. The van der Waals surface area contributed by atoms with Gasteiger partial charge in [-0.1, -0.05) is 42.5 Å². The van der Waals surface area contributed by atoms with Gasteiger partial charge in [0.05, 0.1) is 37.0 Å². The SMILES string of the molecule is CS(=O)(=O)NC(=O)CCCCOc1cccc(CC(=O)Nc2ccc3c(c2)C(=O)N(Cc2ccccc2)C3=O)c1. The molecule has 0 spiro atoms. The van der Waals surface area contributed by atoms with Gasteiger partial charge in [-0.05, 0) is 54.3 Å². The first kappa shape index (κ1) is 28.5. The Labute approximate surface area is 232 Å². The summed E-state index contributed by atoms with van der Waals surface area (Å²) in [6, 6.07) is 21.0. The monoisotopic (exact) mass is 563 g/mol. The van der Waals surface area contributed by atoms with Crippen molar-refractivity contribution in [1.82, 2.24) is 9.62 Å². The number of carbonyl (C=O) groups excluding carboxylic acids is 4. The van der Waals surface area contributed by atoms with Crippen LogP contribution in [0, 0.1) is 0 Å². The molecule has 1 heterocycles. The minimum Gasteiger partial charge on any atom is -0.494 e. The zero-order valence-corrected chi connectivity index (χ0v) is 22.7. The van der Waals surface area contributed by atoms with Crippen molar-refractivity contribution in [2.75, 3.05) is 18.2 Å². The Morgan fingerprint density at radius 3 is 2.30 bits per heavy atom. The Kier molecular flexibility index (Phi) is 8.95. The van der Waals surface area contributed by atoms with Crippen molar-refractivity contribution in [2.24, 2.45) is 0 Å². The molecule has 2 N–H and O–H groups in total. The summed E-state index contributed by atoms with van der Waals surface area (Å²) in [6.07, 6.45) is 2.07. The largest absolute Gasteiger partial charge is 0.494 e. The number of nitrogens with zero attached hydrogens (tertiary/aromatic N) is 1. The predicted molar refractivity (Wildman–Crippen MR) is 148 cm³/mol. The molecule has 0 bridgehead atoms. The van der Waals surface area contributed by atoms with Crippen LogP contribution in [-0.4, -0.2) is 49.8 Å². The second kappa shape index (κ2) is 12.6. The van der Waals surface area contributed by atoms with Crippen molar-refractivity contribution in [3.05, 3.63) is 95.1 Å². The van der Waals surface area contributed by atoms with E-state index in [1.807, 2.05) is 35.1 Å². The number of imide groups is 1. The number of nitrogens with one attached hydrogen (secondary N) is 2. The fraction of sp³-hybridized carbons (Fsp3) is 0.241. The highest BCUT2D eigenvalue weighted by atomic mass is 32.2. The van der Waals surface area contributed by atoms with Gasteiger partial charge in [-0.2, -0.15) is 0 Å². The van der Waals surface area contributed by atoms with Gasteiger partial charge >= 0.3 is 0 Å². The average Bonchev–Trinajstić information content (AvgIpc) is 3.12. The number of hydrogen-bond donors (Lipinski definition) is 2. The van der Waals surface area contributed by atoms with Crippen molar-refractivity contribution in [1.29, 1.82) is 0 Å². The van der Waals surface area contributed by atoms with Crippen LogP contribution in [0.1, 0.15) is 51.1 Å². The smallest absolute Gasteiger partial charge is 0.261 e. The van der Waals surface area contributed by atoms with E-state index >= 15 is 0 Å². The molecule has 3 aromatic carbocycles. The van der Waals surface area contributed by atoms with E-state index in [4.69, 9.17) is 4.74 Å². The number of hydrogen-bond acceptors (Lipinski definition) is 7. The summed E-state index contributed by atoms with van der Waals surface area (Å²) in [5.41, 5.74) is 2.53. The Morgan fingerprint density at radius 2 is 1.55 bits per heavy atom. The van der Waals surface area contributed by atoms with Crippen molar-refractivity contribution in [2.45, 2.75) is 32.2 Å². The summed E-state index contributed by atoms with van der Waals surface area (Å²) in [7, 11) is -3.56. The Bertz CT molecular complexity index is 1540. The topological polar surface area (TPSA) is 139 Å². The fourth-order valence-corrected chi connectivity index (χ4v) is 4.76. The number of amides is 4. The number of sulfonamides is 1. The highest BCUT2D eigenvalue weighted by Crippen LogP contribution is 2.27. The molecule has 0 aromatic heterocycles. The number of rotatable bonds is 12. The second-order valence-corrected chi connectivity index (χ2v) is 11.2. The lowest BCUT2D eigenvalue weighted by atomic mass is 10.1. The molecule has 0 saturated carbocycles. The molecule has 0 atom stereocenters. The van der Waals surface area contributed by atoms with E-state index < -0.39 is 21.8 Å². The van der Waals surface area contributed by atoms with Crippen LogP contribution >= 0.6 is 0 Å². The van der Waals surface area contributed by atoms with Gasteiger partial charge < -0.3 is 10.1 Å². The van der Waals surface area contributed by atoms with Crippen LogP contribution in [0.25, 0.3) is 0 Å². The first-order valence-corrected chi connectivity index (χ1v) is 14.5. The summed E-state index contributed by atoms with van der Waals surface area (Å²) in [5.74, 6) is -1.06. The molecule has 40 heavy (non-hydrogen) atoms. The molecule has 4 rings (SSSR count). The summed E-state index contributed by atoms with van der Waals surface area (Å²) in [4.78, 5) is 51.1. The molecule has 0 aliphatic carbocycles. The van der Waals surface area contributed by atoms with Crippen LogP contribution in [-0.2, 0) is 32.6 Å². The molecule has 0 saturated heterocycles. The second-order valence-electron chi connectivity index (χ2n) is 9.42. The number of anilines is 1. The highest BCUT2D eigenvalue weighted by Gasteiger charge is 2.35. The van der Waals surface area contributed by atoms with Gasteiger partial charge in [-0.3, -0.25) is 28.8 Å². The van der Waals surface area contributed by atoms with E-state index in [1.54, 1.807) is 36.4 Å². The summed E-state index contributed by atoms with van der Waals surface area (Å²) in [6.45, 7) is 0.497. The van der Waals surface area contributed by atoms with E-state index in [1.165, 1.54) is 11.0 Å². The van der Waals surface area contributed by atoms with E-state index in [0.717, 1.165) is 11.8 Å². The minimum atomic E-state index is -3.56. The van der Waals surface area contributed by atoms with Crippen molar-refractivity contribution in [3.8, 4) is 5.75 Å². The van der Waals surface area contributed by atoms with Gasteiger partial charge in [-0.25, -0.2) is 8.42 Å². The average molecular weight is 564 g/mol. The van der Waals surface area contributed by atoms with E-state index in [0.29, 0.717) is 42.0 Å². The zero-order valence-electron chi connectivity index (χ0n) is 21.9. The fourth-order valence-electron chi connectivity index (χ4n) is 4.25. The molecular formula is C29H29N3O7S. The summed E-state index contributed by atoms with van der Waals surface area (Å²) >= 11 is 0. The molecule has 1 aliphatic rings. The Morgan fingerprint density at radius 1 is 0.825 bits per heavy atom. The molecule has 0 unspecified atom stereocenters. The molecular weight excluding hydrogens is 534 g/mol. The Hall–Kier alpha value is -4.51. The molecule has 3 aromatic rings. The quantitative estimate of drug-likeness (QED) is 0.255. The van der Waals surface area contributed by atoms with E-state index in [9.17, 15) is 27.6 Å². The van der Waals surface area contributed by atoms with E-state index in [2.05, 4.69) is 5.32 Å². The third kappa shape index (κ3) is 7.76.